The second-order valence-corrected chi connectivity index (χ2v) is 3.60. The van der Waals surface area contributed by atoms with Crippen molar-refractivity contribution in [3.05, 3.63) is 35.4 Å². The maximum atomic E-state index is 11.6. The quantitative estimate of drug-likeness (QED) is 0.611. The molecule has 0 aliphatic heterocycles. The maximum Gasteiger partial charge on any atom is 0.336 e. The largest absolute Gasteiger partial charge is 0.467 e. The Labute approximate surface area is 104 Å². The van der Waals surface area contributed by atoms with Crippen LogP contribution in [0.5, 0.6) is 0 Å². The molecule has 0 aromatic heterocycles. The molecule has 98 valence electrons. The van der Waals surface area contributed by atoms with E-state index in [9.17, 15) is 14.7 Å². The van der Waals surface area contributed by atoms with Crippen molar-refractivity contribution in [1.82, 2.24) is 5.32 Å². The van der Waals surface area contributed by atoms with Gasteiger partial charge in [0.1, 0.15) is 0 Å². The summed E-state index contributed by atoms with van der Waals surface area (Å²) in [5.41, 5.74) is 1.07. The number of carbonyl (C=O) groups is 2. The Morgan fingerprint density at radius 2 is 1.94 bits per heavy atom. The molecule has 1 amide bonds. The van der Waals surface area contributed by atoms with Crippen molar-refractivity contribution in [3.63, 3.8) is 0 Å². The van der Waals surface area contributed by atoms with E-state index in [4.69, 9.17) is 5.11 Å². The molecule has 3 N–H and O–H groups in total. The van der Waals surface area contributed by atoms with Crippen LogP contribution in [0.1, 0.15) is 15.9 Å². The van der Waals surface area contributed by atoms with Gasteiger partial charge >= 0.3 is 5.97 Å². The molecule has 0 saturated carbocycles. The monoisotopic (exact) mass is 253 g/mol. The lowest BCUT2D eigenvalue weighted by Gasteiger charge is -2.09. The molecule has 18 heavy (non-hydrogen) atoms. The highest BCUT2D eigenvalue weighted by Gasteiger charge is 2.16. The van der Waals surface area contributed by atoms with Crippen LogP contribution in [0.3, 0.4) is 0 Å². The van der Waals surface area contributed by atoms with Gasteiger partial charge in [-0.05, 0) is 17.7 Å². The molecular weight excluding hydrogens is 238 g/mol. The fraction of sp³-hybridized carbons (Fsp3) is 0.333. The van der Waals surface area contributed by atoms with Crippen LogP contribution in [0.15, 0.2) is 24.3 Å². The minimum absolute atomic E-state index is 0.0943. The van der Waals surface area contributed by atoms with Crippen LogP contribution in [0, 0.1) is 0 Å². The van der Waals surface area contributed by atoms with Crippen LogP contribution < -0.4 is 5.32 Å². The number of hydrogen-bond acceptors (Lipinski definition) is 5. The fourth-order valence-corrected chi connectivity index (χ4v) is 1.27. The molecule has 6 heteroatoms. The number of ether oxygens (including phenoxy) is 1. The van der Waals surface area contributed by atoms with Gasteiger partial charge in [0.25, 0.3) is 5.91 Å². The van der Waals surface area contributed by atoms with Gasteiger partial charge in [-0.15, -0.1) is 0 Å². The van der Waals surface area contributed by atoms with Crippen molar-refractivity contribution in [2.24, 2.45) is 0 Å². The highest BCUT2D eigenvalue weighted by molar-refractivity contribution is 5.94. The van der Waals surface area contributed by atoms with E-state index >= 15 is 0 Å². The first kappa shape index (κ1) is 14.1. The van der Waals surface area contributed by atoms with Crippen LogP contribution in [0.25, 0.3) is 0 Å². The normalized spacial score (nSPS) is 11.7. The molecule has 6 nitrogen and oxygen atoms in total. The van der Waals surface area contributed by atoms with Gasteiger partial charge in [0.05, 0.1) is 20.3 Å². The first-order valence-electron chi connectivity index (χ1n) is 5.32. The molecule has 1 aromatic carbocycles. The van der Waals surface area contributed by atoms with Crippen molar-refractivity contribution >= 4 is 11.9 Å². The number of amides is 1. The van der Waals surface area contributed by atoms with Gasteiger partial charge in [-0.25, -0.2) is 4.79 Å². The zero-order valence-electron chi connectivity index (χ0n) is 9.92. The third kappa shape index (κ3) is 3.83. The molecule has 0 aliphatic carbocycles. The minimum atomic E-state index is -1.38. The molecule has 0 fully saturated rings. The summed E-state index contributed by atoms with van der Waals surface area (Å²) in [5, 5.41) is 20.5. The van der Waals surface area contributed by atoms with Crippen LogP contribution >= 0.6 is 0 Å². The van der Waals surface area contributed by atoms with E-state index in [1.807, 2.05) is 0 Å². The lowest BCUT2D eigenvalue weighted by atomic mass is 10.1. The van der Waals surface area contributed by atoms with Gasteiger partial charge in [-0.1, -0.05) is 12.1 Å². The molecule has 0 heterocycles. The molecular formula is C12H15NO5. The van der Waals surface area contributed by atoms with Crippen molar-refractivity contribution in [2.45, 2.75) is 12.7 Å². The van der Waals surface area contributed by atoms with Gasteiger partial charge in [-0.2, -0.15) is 0 Å². The summed E-state index contributed by atoms with van der Waals surface area (Å²) in [6, 6.07) is 6.33. The van der Waals surface area contributed by atoms with E-state index in [1.54, 1.807) is 24.3 Å². The zero-order valence-corrected chi connectivity index (χ0v) is 9.92. The Kier molecular flexibility index (Phi) is 5.29. The maximum absolute atomic E-state index is 11.6. The van der Waals surface area contributed by atoms with E-state index in [2.05, 4.69) is 10.1 Å². The van der Waals surface area contributed by atoms with Gasteiger partial charge in [0.2, 0.25) is 0 Å². The van der Waals surface area contributed by atoms with Crippen LogP contribution in [-0.2, 0) is 16.1 Å². The summed E-state index contributed by atoms with van der Waals surface area (Å²) >= 11 is 0. The molecule has 0 saturated heterocycles. The minimum Gasteiger partial charge on any atom is -0.467 e. The standard InChI is InChI=1S/C12H15NO5/c1-18-12(17)10(15)6-13-11(16)9-4-2-8(7-14)3-5-9/h2-5,10,14-15H,6-7H2,1H3,(H,13,16). The van der Waals surface area contributed by atoms with Crippen molar-refractivity contribution < 1.29 is 24.5 Å². The Bertz CT molecular complexity index is 415. The lowest BCUT2D eigenvalue weighted by Crippen LogP contribution is -2.37. The summed E-state index contributed by atoms with van der Waals surface area (Å²) in [6.07, 6.45) is -1.38. The summed E-state index contributed by atoms with van der Waals surface area (Å²) in [7, 11) is 1.15. The van der Waals surface area contributed by atoms with Gasteiger partial charge in [0.15, 0.2) is 6.10 Å². The average Bonchev–Trinajstić information content (AvgIpc) is 2.43. The Morgan fingerprint density at radius 3 is 2.44 bits per heavy atom. The molecule has 0 radical (unpaired) electrons. The number of methoxy groups -OCH3 is 1. The molecule has 0 aliphatic rings. The van der Waals surface area contributed by atoms with Gasteiger partial charge < -0.3 is 20.3 Å². The number of benzene rings is 1. The molecule has 1 rings (SSSR count). The van der Waals surface area contributed by atoms with E-state index < -0.39 is 18.0 Å². The topological polar surface area (TPSA) is 95.9 Å². The molecule has 1 unspecified atom stereocenters. The summed E-state index contributed by atoms with van der Waals surface area (Å²) < 4.78 is 4.31. The first-order valence-corrected chi connectivity index (χ1v) is 5.32. The van der Waals surface area contributed by atoms with Crippen LogP contribution in [0.2, 0.25) is 0 Å². The van der Waals surface area contributed by atoms with E-state index in [1.165, 1.54) is 0 Å². The van der Waals surface area contributed by atoms with Crippen LogP contribution in [0.4, 0.5) is 0 Å². The highest BCUT2D eigenvalue weighted by Crippen LogP contribution is 2.04. The number of aliphatic hydroxyl groups excluding tert-OH is 2. The van der Waals surface area contributed by atoms with Crippen LogP contribution in [-0.4, -0.2) is 41.8 Å². The third-order valence-electron chi connectivity index (χ3n) is 2.33. The number of esters is 1. The summed E-state index contributed by atoms with van der Waals surface area (Å²) in [5.74, 6) is -1.21. The molecule has 0 bridgehead atoms. The molecule has 0 spiro atoms. The number of carbonyl (C=O) groups excluding carboxylic acids is 2. The Balaban J connectivity index is 2.52. The first-order chi connectivity index (χ1) is 8.58. The second-order valence-electron chi connectivity index (χ2n) is 3.60. The van der Waals surface area contributed by atoms with E-state index in [0.717, 1.165) is 7.11 Å². The molecule has 1 aromatic rings. The Morgan fingerprint density at radius 1 is 1.33 bits per heavy atom. The summed E-state index contributed by atoms with van der Waals surface area (Å²) in [6.45, 7) is -0.309. The summed E-state index contributed by atoms with van der Waals surface area (Å²) in [4.78, 5) is 22.5. The van der Waals surface area contributed by atoms with Gasteiger partial charge in [0, 0.05) is 5.56 Å². The predicted octanol–water partition coefficient (Wildman–Crippen LogP) is -0.557. The predicted molar refractivity (Wildman–Crippen MR) is 62.7 cm³/mol. The van der Waals surface area contributed by atoms with Crippen molar-refractivity contribution in [1.29, 1.82) is 0 Å². The highest BCUT2D eigenvalue weighted by atomic mass is 16.5. The zero-order chi connectivity index (χ0) is 13.5. The number of hydrogen-bond donors (Lipinski definition) is 3. The average molecular weight is 253 g/mol. The number of rotatable bonds is 5. The van der Waals surface area contributed by atoms with Crippen molar-refractivity contribution in [3.8, 4) is 0 Å². The fourth-order valence-electron chi connectivity index (χ4n) is 1.27. The third-order valence-corrected chi connectivity index (χ3v) is 2.33. The lowest BCUT2D eigenvalue weighted by molar-refractivity contribution is -0.149. The number of aliphatic hydroxyl groups is 2. The van der Waals surface area contributed by atoms with E-state index in [-0.39, 0.29) is 13.2 Å². The van der Waals surface area contributed by atoms with Crippen molar-refractivity contribution in [2.75, 3.05) is 13.7 Å². The smallest absolute Gasteiger partial charge is 0.336 e. The molecule has 1 atom stereocenters. The van der Waals surface area contributed by atoms with E-state index in [0.29, 0.717) is 11.1 Å². The van der Waals surface area contributed by atoms with Gasteiger partial charge in [-0.3, -0.25) is 4.79 Å². The number of nitrogens with one attached hydrogen (secondary N) is 1. The Hall–Kier alpha value is -1.92. The SMILES string of the molecule is COC(=O)C(O)CNC(=O)c1ccc(CO)cc1. The second kappa shape index (κ2) is 6.73.